The van der Waals surface area contributed by atoms with Crippen LogP contribution in [-0.4, -0.2) is 13.0 Å². The van der Waals surface area contributed by atoms with E-state index >= 15 is 0 Å². The van der Waals surface area contributed by atoms with Crippen molar-refractivity contribution in [2.75, 3.05) is 11.9 Å². The van der Waals surface area contributed by atoms with Crippen molar-refractivity contribution >= 4 is 11.6 Å². The molecule has 2 N–H and O–H groups in total. The maximum absolute atomic E-state index is 12.2. The fraction of sp³-hybridized carbons (Fsp3) is 0.267. The van der Waals surface area contributed by atoms with Crippen molar-refractivity contribution in [1.29, 1.82) is 0 Å². The molecule has 0 saturated heterocycles. The SMILES string of the molecule is CCc1ccc(N(C)C(=O)c2ccc(CN)o2)cc1. The van der Waals surface area contributed by atoms with E-state index in [0.29, 0.717) is 18.1 Å². The number of carbonyl (C=O) groups excluding carboxylic acids is 1. The molecule has 1 amide bonds. The Morgan fingerprint density at radius 3 is 2.42 bits per heavy atom. The van der Waals surface area contributed by atoms with Gasteiger partial charge in [0.2, 0.25) is 0 Å². The summed E-state index contributed by atoms with van der Waals surface area (Å²) in [7, 11) is 1.73. The Morgan fingerprint density at radius 2 is 1.89 bits per heavy atom. The molecule has 1 aromatic carbocycles. The second-order valence-electron chi connectivity index (χ2n) is 4.35. The molecule has 0 aliphatic heterocycles. The molecule has 19 heavy (non-hydrogen) atoms. The van der Waals surface area contributed by atoms with Gasteiger partial charge in [-0.2, -0.15) is 0 Å². The van der Waals surface area contributed by atoms with Gasteiger partial charge in [-0.05, 0) is 36.2 Å². The van der Waals surface area contributed by atoms with Crippen LogP contribution in [0.4, 0.5) is 5.69 Å². The monoisotopic (exact) mass is 258 g/mol. The van der Waals surface area contributed by atoms with Crippen LogP contribution in [0.5, 0.6) is 0 Å². The maximum atomic E-state index is 12.2. The molecule has 2 rings (SSSR count). The van der Waals surface area contributed by atoms with Crippen molar-refractivity contribution in [2.24, 2.45) is 5.73 Å². The molecule has 0 atom stereocenters. The standard InChI is InChI=1S/C15H18N2O2/c1-3-11-4-6-12(7-5-11)17(2)15(18)14-9-8-13(10-16)19-14/h4-9H,3,10,16H2,1-2H3. The fourth-order valence-corrected chi connectivity index (χ4v) is 1.84. The number of hydrogen-bond donors (Lipinski definition) is 1. The average molecular weight is 258 g/mol. The number of anilines is 1. The number of benzene rings is 1. The van der Waals surface area contributed by atoms with Crippen molar-refractivity contribution in [3.05, 3.63) is 53.5 Å². The van der Waals surface area contributed by atoms with Gasteiger partial charge in [0.05, 0.1) is 6.54 Å². The molecule has 1 heterocycles. The molecule has 100 valence electrons. The number of hydrogen-bond acceptors (Lipinski definition) is 3. The van der Waals surface area contributed by atoms with E-state index in [2.05, 4.69) is 6.92 Å². The Labute approximate surface area is 112 Å². The van der Waals surface area contributed by atoms with Crippen LogP contribution in [-0.2, 0) is 13.0 Å². The van der Waals surface area contributed by atoms with Gasteiger partial charge < -0.3 is 15.1 Å². The lowest BCUT2D eigenvalue weighted by molar-refractivity contribution is 0.0965. The van der Waals surface area contributed by atoms with Gasteiger partial charge in [-0.25, -0.2) is 0 Å². The number of nitrogens with zero attached hydrogens (tertiary/aromatic N) is 1. The zero-order valence-electron chi connectivity index (χ0n) is 11.2. The van der Waals surface area contributed by atoms with Crippen molar-refractivity contribution in [3.8, 4) is 0 Å². The number of aryl methyl sites for hydroxylation is 1. The molecule has 0 aliphatic rings. The lowest BCUT2D eigenvalue weighted by Gasteiger charge is -2.16. The van der Waals surface area contributed by atoms with E-state index < -0.39 is 0 Å². The van der Waals surface area contributed by atoms with E-state index in [-0.39, 0.29) is 5.91 Å². The summed E-state index contributed by atoms with van der Waals surface area (Å²) in [4.78, 5) is 13.8. The molecule has 0 bridgehead atoms. The Kier molecular flexibility index (Phi) is 4.02. The minimum absolute atomic E-state index is 0.177. The predicted octanol–water partition coefficient (Wildman–Crippen LogP) is 2.58. The van der Waals surface area contributed by atoms with Crippen molar-refractivity contribution in [1.82, 2.24) is 0 Å². The van der Waals surface area contributed by atoms with Crippen molar-refractivity contribution < 1.29 is 9.21 Å². The van der Waals surface area contributed by atoms with Gasteiger partial charge >= 0.3 is 0 Å². The van der Waals surface area contributed by atoms with E-state index in [9.17, 15) is 4.79 Å². The van der Waals surface area contributed by atoms with Gasteiger partial charge in [0.25, 0.3) is 5.91 Å². The van der Waals surface area contributed by atoms with Crippen LogP contribution < -0.4 is 10.6 Å². The van der Waals surface area contributed by atoms with E-state index in [4.69, 9.17) is 10.2 Å². The first-order valence-corrected chi connectivity index (χ1v) is 6.31. The lowest BCUT2D eigenvalue weighted by Crippen LogP contribution is -2.25. The van der Waals surface area contributed by atoms with Crippen molar-refractivity contribution in [2.45, 2.75) is 19.9 Å². The third-order valence-electron chi connectivity index (χ3n) is 3.11. The highest BCUT2D eigenvalue weighted by Gasteiger charge is 2.17. The lowest BCUT2D eigenvalue weighted by atomic mass is 10.1. The zero-order chi connectivity index (χ0) is 13.8. The molecule has 1 aromatic heterocycles. The molecular weight excluding hydrogens is 240 g/mol. The predicted molar refractivity (Wildman–Crippen MR) is 75.2 cm³/mol. The second-order valence-corrected chi connectivity index (χ2v) is 4.35. The highest BCUT2D eigenvalue weighted by atomic mass is 16.4. The summed E-state index contributed by atoms with van der Waals surface area (Å²) in [5.41, 5.74) is 7.55. The molecule has 0 radical (unpaired) electrons. The minimum atomic E-state index is -0.177. The molecule has 4 nitrogen and oxygen atoms in total. The molecule has 2 aromatic rings. The van der Waals surface area contributed by atoms with Gasteiger partial charge in [-0.3, -0.25) is 4.79 Å². The van der Waals surface area contributed by atoms with E-state index in [1.165, 1.54) is 5.56 Å². The average Bonchev–Trinajstić information content (AvgIpc) is 2.94. The van der Waals surface area contributed by atoms with Gasteiger partial charge in [-0.1, -0.05) is 19.1 Å². The molecule has 0 spiro atoms. The smallest absolute Gasteiger partial charge is 0.293 e. The Bertz CT molecular complexity index is 558. The van der Waals surface area contributed by atoms with Crippen LogP contribution in [0.2, 0.25) is 0 Å². The maximum Gasteiger partial charge on any atom is 0.293 e. The van der Waals surface area contributed by atoms with Crippen LogP contribution in [0.15, 0.2) is 40.8 Å². The third-order valence-corrected chi connectivity index (χ3v) is 3.11. The molecule has 0 unspecified atom stereocenters. The van der Waals surface area contributed by atoms with E-state index in [0.717, 1.165) is 12.1 Å². The summed E-state index contributed by atoms with van der Waals surface area (Å²) in [6.45, 7) is 2.39. The first kappa shape index (κ1) is 13.4. The summed E-state index contributed by atoms with van der Waals surface area (Å²) < 4.78 is 5.37. The number of furan rings is 1. The normalized spacial score (nSPS) is 10.5. The molecule has 0 fully saturated rings. The largest absolute Gasteiger partial charge is 0.455 e. The van der Waals surface area contributed by atoms with Crippen LogP contribution in [0, 0.1) is 0 Å². The number of amides is 1. The Hall–Kier alpha value is -2.07. The highest BCUT2D eigenvalue weighted by molar-refractivity contribution is 6.03. The molecule has 4 heteroatoms. The van der Waals surface area contributed by atoms with Crippen LogP contribution in [0.25, 0.3) is 0 Å². The minimum Gasteiger partial charge on any atom is -0.455 e. The summed E-state index contributed by atoms with van der Waals surface area (Å²) in [5.74, 6) is 0.740. The number of carbonyl (C=O) groups is 1. The van der Waals surface area contributed by atoms with Gasteiger partial charge in [0.1, 0.15) is 5.76 Å². The third kappa shape index (κ3) is 2.85. The van der Waals surface area contributed by atoms with Gasteiger partial charge in [-0.15, -0.1) is 0 Å². The van der Waals surface area contributed by atoms with Crippen LogP contribution in [0.3, 0.4) is 0 Å². The molecule has 0 aliphatic carbocycles. The summed E-state index contributed by atoms with van der Waals surface area (Å²) in [5, 5.41) is 0. The van der Waals surface area contributed by atoms with Crippen molar-refractivity contribution in [3.63, 3.8) is 0 Å². The van der Waals surface area contributed by atoms with Gasteiger partial charge in [0, 0.05) is 12.7 Å². The summed E-state index contributed by atoms with van der Waals surface area (Å²) >= 11 is 0. The summed E-state index contributed by atoms with van der Waals surface area (Å²) in [6, 6.07) is 11.3. The topological polar surface area (TPSA) is 59.5 Å². The van der Waals surface area contributed by atoms with Crippen LogP contribution >= 0.6 is 0 Å². The zero-order valence-corrected chi connectivity index (χ0v) is 11.2. The van der Waals surface area contributed by atoms with Gasteiger partial charge in [0.15, 0.2) is 5.76 Å². The Morgan fingerprint density at radius 1 is 1.21 bits per heavy atom. The second kappa shape index (κ2) is 5.71. The molecular formula is C15H18N2O2. The number of nitrogens with two attached hydrogens (primary N) is 1. The van der Waals surface area contributed by atoms with Crippen LogP contribution in [0.1, 0.15) is 28.8 Å². The number of rotatable bonds is 4. The fourth-order valence-electron chi connectivity index (χ4n) is 1.84. The first-order valence-electron chi connectivity index (χ1n) is 6.31. The van der Waals surface area contributed by atoms with E-state index in [1.807, 2.05) is 24.3 Å². The summed E-state index contributed by atoms with van der Waals surface area (Å²) in [6.07, 6.45) is 0.982. The first-order chi connectivity index (χ1) is 9.15. The quantitative estimate of drug-likeness (QED) is 0.917. The van der Waals surface area contributed by atoms with E-state index in [1.54, 1.807) is 24.1 Å². The molecule has 0 saturated carbocycles. The Balaban J connectivity index is 2.17. The highest BCUT2D eigenvalue weighted by Crippen LogP contribution is 2.18.